The van der Waals surface area contributed by atoms with Crippen LogP contribution in [0.4, 0.5) is 0 Å². The topological polar surface area (TPSA) is 367 Å². The number of rotatable bonds is 7. The maximum Gasteiger partial charge on any atom is 0.330 e. The summed E-state index contributed by atoms with van der Waals surface area (Å²) in [6.07, 6.45) is 7.57. The molecular weight excluding hydrogens is 1650 g/mol. The maximum atomic E-state index is 11.2. The Morgan fingerprint density at radius 2 is 0.845 bits per heavy atom. The van der Waals surface area contributed by atoms with Crippen LogP contribution in [0.2, 0.25) is 0 Å². The second kappa shape index (κ2) is 73.3. The average Bonchev–Trinajstić information content (AvgIpc) is 0.882. The SMILES string of the molecule is C=CC(=O)NC(C)(C)C.C=CC(=O)OC(C)(C)C.CC(=O)NC(C)(C)C.CC(C)(C)C.CC(C)(C)C#N.CC(C)(C)C(=O)O.CC(C)(C)C(N)=O.CC(C)(C)N.CC(C)(C)N1CCOCC1.CC(C)(C)NS(C)(=O)=O.CC(C)(C)O.CC(C)(C)c1ccccc1.CC(C)C.CCC(=O)NC(C)(C)C.CN(C)C(C)(C)C.CN(C)C/C=C/C(=O)NC(C)(C)C.COC(C)(C)C. The molecule has 1 aromatic rings. The Kier molecular flexibility index (Phi) is 89.1. The van der Waals surface area contributed by atoms with Crippen molar-refractivity contribution in [2.45, 2.75) is 447 Å². The third-order valence-corrected chi connectivity index (χ3v) is 12.6. The number of carboxylic acid groups (broad SMARTS) is 1. The van der Waals surface area contributed by atoms with E-state index in [0.29, 0.717) is 28.3 Å². The molecule has 774 valence electrons. The molecule has 0 radical (unpaired) electrons. The largest absolute Gasteiger partial charge is 0.481 e. The quantitative estimate of drug-likeness (QED) is 0.0904. The number of nitriles is 1. The van der Waals surface area contributed by atoms with Crippen molar-refractivity contribution >= 4 is 51.5 Å². The first-order valence-corrected chi connectivity index (χ1v) is 46.7. The zero-order valence-corrected chi connectivity index (χ0v) is 96.4. The molecule has 1 aliphatic heterocycles. The third kappa shape index (κ3) is 222. The van der Waals surface area contributed by atoms with Crippen LogP contribution in [0.1, 0.15) is 386 Å². The van der Waals surface area contributed by atoms with Gasteiger partial charge in [0.1, 0.15) is 5.60 Å². The fourth-order valence-corrected chi connectivity index (χ4v) is 6.42. The number of carbonyl (C=O) groups excluding carboxylic acids is 6. The molecule has 0 saturated carbocycles. The number of ether oxygens (including phenoxy) is 3. The summed E-state index contributed by atoms with van der Waals surface area (Å²) >= 11 is 0. The van der Waals surface area contributed by atoms with E-state index in [1.807, 2.05) is 198 Å². The molecule has 0 bridgehead atoms. The second-order valence-electron chi connectivity index (χ2n) is 48.9. The lowest BCUT2D eigenvalue weighted by molar-refractivity contribution is -0.148. The number of morpholine rings is 1. The van der Waals surface area contributed by atoms with E-state index in [9.17, 15) is 42.0 Å². The van der Waals surface area contributed by atoms with Crippen molar-refractivity contribution in [2.75, 3.05) is 74.4 Å². The molecule has 5 amide bonds. The lowest BCUT2D eigenvalue weighted by Crippen LogP contribution is -2.47. The molecule has 26 heteroatoms. The van der Waals surface area contributed by atoms with Gasteiger partial charge < -0.3 is 67.0 Å². The predicted molar refractivity (Wildman–Crippen MR) is 559 cm³/mol. The summed E-state index contributed by atoms with van der Waals surface area (Å²) in [5.41, 5.74) is 10.4. The third-order valence-electron chi connectivity index (χ3n) is 11.6. The standard InChI is InChI=1S/C10H20N2O.C10H14.C8H17NO.C7H15NO.C7H13NO.C7H12O2.C6H13NO.C6H15N.C5H13NO2S.C5H11NO.C5H9N.C5H10O2.C5H12O.C5H12.C4H11N.C4H10O.C4H10/c1-10(2,3)11-9(13)7-6-8-12(4)5;1-10(2,3)9-7-5-4-6-8-9;1-8(2,3)9-4-6-10-7-5-9;2*1-5-6(9)8-7(2,3)4;1-5-6(8)9-7(2,3)4;1-5(8)7-6(2,3)4;1-6(2,3)7(4)5;1-5(2,3)6-9(4,7)8;1-5(2,3)4(6)7;1-5(2,3)4-6;1-5(2,3)4(6)7;1-5(2,3)6-4;1-5(2,3)4;2*1-4(2,3)5;1-4(2)3/h6-7H,8H2,1-5H3,(H,11,13);4-8H,1-3H3;4-7H2,1-3H3;5H2,1-4H3,(H,8,9);5H,1H2,2-4H3,(H,8,9);5H,1H2,2-4H3;1-4H3,(H,7,8);1-5H3;6H,1-4H3;1-3H3,(H2,6,7);1-3H3;1-3H3,(H,6,7);1-4H3;1-4H3;5H2,1-3H3;5H,1-3H3;4H,1-3H3/b7-6+;;;;;;;;;;;;;;;;. The first kappa shape index (κ1) is 157. The van der Waals surface area contributed by atoms with Crippen molar-refractivity contribution in [1.82, 2.24) is 40.7 Å². The number of hydrogen-bond donors (Lipinski definition) is 9. The van der Waals surface area contributed by atoms with Gasteiger partial charge in [0.2, 0.25) is 39.6 Å². The molecule has 0 atom stereocenters. The fraction of sp³-hybridized carbons (Fsp3) is 0.806. The molecule has 25 nitrogen and oxygen atoms in total. The molecule has 0 spiro atoms. The van der Waals surface area contributed by atoms with E-state index in [1.54, 1.807) is 96.3 Å². The summed E-state index contributed by atoms with van der Waals surface area (Å²) in [6.45, 7) is 117. The van der Waals surface area contributed by atoms with Crippen molar-refractivity contribution in [2.24, 2.45) is 39.0 Å². The number of benzene rings is 1. The van der Waals surface area contributed by atoms with Crippen molar-refractivity contribution in [1.29, 1.82) is 5.26 Å². The maximum absolute atomic E-state index is 11.2. The van der Waals surface area contributed by atoms with Crippen LogP contribution in [-0.4, -0.2) is 210 Å². The number of carbonyl (C=O) groups is 7. The van der Waals surface area contributed by atoms with Crippen molar-refractivity contribution in [3.05, 3.63) is 73.4 Å². The lowest BCUT2D eigenvalue weighted by atomic mass is 9.87. The number of methoxy groups -OCH3 is 1. The Morgan fingerprint density at radius 3 is 0.953 bits per heavy atom. The first-order valence-electron chi connectivity index (χ1n) is 44.8. The highest BCUT2D eigenvalue weighted by molar-refractivity contribution is 7.88. The van der Waals surface area contributed by atoms with Crippen molar-refractivity contribution in [3.8, 4) is 6.07 Å². The Morgan fingerprint density at radius 1 is 0.566 bits per heavy atom. The summed E-state index contributed by atoms with van der Waals surface area (Å²) in [7, 11) is 6.77. The van der Waals surface area contributed by atoms with Crippen LogP contribution in [0, 0.1) is 38.9 Å². The second-order valence-corrected chi connectivity index (χ2v) is 50.6. The van der Waals surface area contributed by atoms with E-state index in [-0.39, 0.29) is 85.2 Å². The highest BCUT2D eigenvalue weighted by atomic mass is 32.2. The number of nitrogens with two attached hydrogens (primary N) is 2. The van der Waals surface area contributed by atoms with Gasteiger partial charge in [0.05, 0.1) is 42.2 Å². The van der Waals surface area contributed by atoms with Gasteiger partial charge in [-0.2, -0.15) is 5.26 Å². The lowest BCUT2D eigenvalue weighted by Gasteiger charge is -2.38. The number of esters is 1. The highest BCUT2D eigenvalue weighted by Crippen LogP contribution is 2.21. The van der Waals surface area contributed by atoms with E-state index < -0.39 is 32.6 Å². The summed E-state index contributed by atoms with van der Waals surface area (Å²) < 4.78 is 38.5. The van der Waals surface area contributed by atoms with Gasteiger partial charge in [0.15, 0.2) is 0 Å². The number of nitrogens with one attached hydrogen (secondary N) is 5. The monoisotopic (exact) mass is 1860 g/mol. The van der Waals surface area contributed by atoms with Gasteiger partial charge in [-0.15, -0.1) is 0 Å². The van der Waals surface area contributed by atoms with Crippen LogP contribution in [0.3, 0.4) is 0 Å². The Bertz CT molecular complexity index is 3080. The van der Waals surface area contributed by atoms with Crippen LogP contribution < -0.4 is 37.5 Å². The molecule has 1 aromatic carbocycles. The van der Waals surface area contributed by atoms with Crippen molar-refractivity contribution in [3.63, 3.8) is 0 Å². The van der Waals surface area contributed by atoms with Crippen LogP contribution in [0.25, 0.3) is 0 Å². The number of likely N-dealkylation sites (N-methyl/N-ethyl adjacent to an activating group) is 1. The first-order chi connectivity index (χ1) is 55.7. The highest BCUT2D eigenvalue weighted by Gasteiger charge is 2.24. The zero-order chi connectivity index (χ0) is 108. The minimum absolute atomic E-state index is 0. The summed E-state index contributed by atoms with van der Waals surface area (Å²) in [6, 6.07) is 12.7. The van der Waals surface area contributed by atoms with Gasteiger partial charge in [-0.3, -0.25) is 33.7 Å². The van der Waals surface area contributed by atoms with E-state index in [0.717, 1.165) is 51.1 Å². The van der Waals surface area contributed by atoms with Gasteiger partial charge in [-0.1, -0.05) is 146 Å². The summed E-state index contributed by atoms with van der Waals surface area (Å²) in [5, 5.41) is 36.1. The molecule has 1 aliphatic rings. The van der Waals surface area contributed by atoms with Gasteiger partial charge in [-0.25, -0.2) is 17.9 Å². The van der Waals surface area contributed by atoms with E-state index in [2.05, 4.69) is 210 Å². The molecule has 1 saturated heterocycles. The average molecular weight is 1870 g/mol. The fourth-order valence-electron chi connectivity index (χ4n) is 5.31. The molecule has 0 unspecified atom stereocenters. The normalized spacial score (nSPS) is 12.5. The Balaban J connectivity index is -0.0000000829. The number of aliphatic carboxylic acids is 1. The van der Waals surface area contributed by atoms with Crippen molar-refractivity contribution < 1.29 is 66.4 Å². The van der Waals surface area contributed by atoms with E-state index in [1.165, 1.54) is 18.6 Å². The predicted octanol–water partition coefficient (Wildman–Crippen LogP) is 21.5. The molecule has 1 heterocycles. The number of amides is 5. The molecule has 0 aromatic heterocycles. The molecule has 129 heavy (non-hydrogen) atoms. The van der Waals surface area contributed by atoms with Crippen LogP contribution in [0.5, 0.6) is 0 Å². The Labute approximate surface area is 799 Å². The van der Waals surface area contributed by atoms with Gasteiger partial charge in [0, 0.05) is 107 Å². The molecule has 11 N–H and O–H groups in total. The number of primary amides is 1. The minimum atomic E-state index is -3.03. The minimum Gasteiger partial charge on any atom is -0.481 e. The summed E-state index contributed by atoms with van der Waals surface area (Å²) in [4.78, 5) is 80.3. The van der Waals surface area contributed by atoms with Gasteiger partial charge in [0.25, 0.3) is 0 Å². The number of hydrogen-bond acceptors (Lipinski definition) is 18. The molecular formula is C103H217N11O14S. The molecule has 2 rings (SSSR count). The van der Waals surface area contributed by atoms with Crippen LogP contribution >= 0.6 is 0 Å². The summed E-state index contributed by atoms with van der Waals surface area (Å²) in [5.74, 6) is -0.570. The smallest absolute Gasteiger partial charge is 0.330 e. The van der Waals surface area contributed by atoms with Gasteiger partial charge >= 0.3 is 11.9 Å². The number of carboxylic acids is 1. The zero-order valence-electron chi connectivity index (χ0n) is 95.6. The van der Waals surface area contributed by atoms with Crippen LogP contribution in [-0.2, 0) is 63.2 Å². The molecule has 0 aliphatic carbocycles. The number of nitrogens with zero attached hydrogens (tertiary/aromatic N) is 4. The van der Waals surface area contributed by atoms with Crippen LogP contribution in [0.15, 0.2) is 67.8 Å². The van der Waals surface area contributed by atoms with E-state index >= 15 is 0 Å². The van der Waals surface area contributed by atoms with E-state index in [4.69, 9.17) is 41.2 Å². The molecule has 1 fully saturated rings. The Hall–Kier alpha value is -6.15. The number of aliphatic hydroxyl groups is 1. The number of sulfonamides is 1. The van der Waals surface area contributed by atoms with Gasteiger partial charge in [-0.05, 0) is 327 Å².